The van der Waals surface area contributed by atoms with Gasteiger partial charge < -0.3 is 10.1 Å². The zero-order chi connectivity index (χ0) is 24.1. The van der Waals surface area contributed by atoms with Crippen LogP contribution in [0.3, 0.4) is 0 Å². The molecule has 34 heavy (non-hydrogen) atoms. The van der Waals surface area contributed by atoms with E-state index in [4.69, 9.17) is 9.98 Å². The number of amidine groups is 1. The third kappa shape index (κ3) is 5.41. The molecule has 2 aliphatic rings. The van der Waals surface area contributed by atoms with E-state index in [-0.39, 0.29) is 11.7 Å². The highest BCUT2D eigenvalue weighted by Gasteiger charge is 2.23. The molecule has 2 aromatic carbocycles. The Hall–Kier alpha value is -3.34. The summed E-state index contributed by atoms with van der Waals surface area (Å²) in [5, 5.41) is 3.42. The Balaban J connectivity index is 1.88. The van der Waals surface area contributed by atoms with Crippen molar-refractivity contribution in [3.05, 3.63) is 94.1 Å². The van der Waals surface area contributed by atoms with E-state index >= 15 is 0 Å². The number of carbonyl (C=O) groups is 1. The lowest BCUT2D eigenvalue weighted by molar-refractivity contribution is -0.108. The summed E-state index contributed by atoms with van der Waals surface area (Å²) >= 11 is 0. The first-order chi connectivity index (χ1) is 16.5. The lowest BCUT2D eigenvalue weighted by atomic mass is 9.86. The molecule has 0 saturated heterocycles. The molecule has 0 bridgehead atoms. The van der Waals surface area contributed by atoms with Crippen LogP contribution in [0, 0.1) is 12.7 Å². The second kappa shape index (κ2) is 10.7. The van der Waals surface area contributed by atoms with Crippen LogP contribution in [-0.4, -0.2) is 24.4 Å². The van der Waals surface area contributed by atoms with Gasteiger partial charge in [0, 0.05) is 23.5 Å². The Morgan fingerprint density at radius 3 is 2.71 bits per heavy atom. The molecule has 2 unspecified atom stereocenters. The maximum absolute atomic E-state index is 13.5. The molecule has 2 heterocycles. The van der Waals surface area contributed by atoms with E-state index in [1.54, 1.807) is 12.1 Å². The Kier molecular flexibility index (Phi) is 7.51. The lowest BCUT2D eigenvalue weighted by Gasteiger charge is -2.23. The minimum Gasteiger partial charge on any atom is -0.389 e. The number of aliphatic imine (C=N–C) groups is 2. The Labute approximate surface area is 201 Å². The maximum Gasteiger partial charge on any atom is 0.159 e. The van der Waals surface area contributed by atoms with E-state index in [0.29, 0.717) is 11.5 Å². The van der Waals surface area contributed by atoms with Crippen LogP contribution in [0.5, 0.6) is 0 Å². The highest BCUT2D eigenvalue weighted by Crippen LogP contribution is 2.34. The van der Waals surface area contributed by atoms with Crippen LogP contribution in [0.1, 0.15) is 73.6 Å². The van der Waals surface area contributed by atoms with Gasteiger partial charge in [-0.05, 0) is 80.3 Å². The van der Waals surface area contributed by atoms with Crippen molar-refractivity contribution >= 4 is 17.8 Å². The van der Waals surface area contributed by atoms with Crippen LogP contribution in [0.2, 0.25) is 0 Å². The van der Waals surface area contributed by atoms with Crippen LogP contribution < -0.4 is 5.32 Å². The highest BCUT2D eigenvalue weighted by molar-refractivity contribution is 6.11. The fourth-order valence-electron chi connectivity index (χ4n) is 4.76. The summed E-state index contributed by atoms with van der Waals surface area (Å²) in [6.45, 7) is 7.36. The standard InChI is InChI=1S/C29H32FN3O/c1-19-7-6-9-25-28(19)20(2)10-15-27(26(18-34)22-11-13-23(30)14-12-22)33-29(25)32-24-8-4-5-16-31-21(3)17-24/h6-7,9,11-15,17-18,20,26,31H,4-5,8,10,16H2,1-3H3. The number of benzene rings is 2. The summed E-state index contributed by atoms with van der Waals surface area (Å²) in [5.74, 6) is -0.0295. The van der Waals surface area contributed by atoms with Crippen LogP contribution in [-0.2, 0) is 4.79 Å². The summed E-state index contributed by atoms with van der Waals surface area (Å²) in [4.78, 5) is 22.3. The molecule has 0 saturated carbocycles. The first-order valence-electron chi connectivity index (χ1n) is 12.1. The average molecular weight is 458 g/mol. The van der Waals surface area contributed by atoms with Crippen molar-refractivity contribution in [2.24, 2.45) is 9.98 Å². The number of hydrogen-bond acceptors (Lipinski definition) is 4. The van der Waals surface area contributed by atoms with Crippen LogP contribution in [0.25, 0.3) is 0 Å². The number of nitrogens with one attached hydrogen (secondary N) is 1. The Morgan fingerprint density at radius 2 is 1.94 bits per heavy atom. The molecule has 4 nitrogen and oxygen atoms in total. The molecule has 1 N–H and O–H groups in total. The van der Waals surface area contributed by atoms with Gasteiger partial charge in [-0.2, -0.15) is 0 Å². The molecule has 0 amide bonds. The molecule has 2 aromatic rings. The second-order valence-corrected chi connectivity index (χ2v) is 9.22. The van der Waals surface area contributed by atoms with E-state index in [1.165, 1.54) is 23.3 Å². The number of aldehydes is 1. The zero-order valence-corrected chi connectivity index (χ0v) is 20.1. The van der Waals surface area contributed by atoms with Gasteiger partial charge >= 0.3 is 0 Å². The molecule has 0 spiro atoms. The summed E-state index contributed by atoms with van der Waals surface area (Å²) in [5.41, 5.74) is 6.92. The van der Waals surface area contributed by atoms with Gasteiger partial charge in [-0.25, -0.2) is 14.4 Å². The fraction of sp³-hybridized carbons (Fsp3) is 0.345. The normalized spacial score (nSPS) is 20.9. The van der Waals surface area contributed by atoms with Crippen LogP contribution in [0.15, 0.2) is 76.0 Å². The van der Waals surface area contributed by atoms with Crippen molar-refractivity contribution in [3.63, 3.8) is 0 Å². The molecule has 0 radical (unpaired) electrons. The number of aryl methyl sites for hydroxylation is 1. The zero-order valence-electron chi connectivity index (χ0n) is 20.1. The van der Waals surface area contributed by atoms with Gasteiger partial charge in [0.2, 0.25) is 0 Å². The summed E-state index contributed by atoms with van der Waals surface area (Å²) in [7, 11) is 0. The molecular weight excluding hydrogens is 425 g/mol. The second-order valence-electron chi connectivity index (χ2n) is 9.22. The van der Waals surface area contributed by atoms with Crippen LogP contribution >= 0.6 is 0 Å². The highest BCUT2D eigenvalue weighted by atomic mass is 19.1. The molecule has 0 aromatic heterocycles. The molecule has 2 aliphatic heterocycles. The van der Waals surface area contributed by atoms with Crippen molar-refractivity contribution in [2.75, 3.05) is 6.54 Å². The van der Waals surface area contributed by atoms with E-state index in [1.807, 2.05) is 12.1 Å². The Bertz CT molecular complexity index is 1170. The number of fused-ring (bicyclic) bond motifs is 1. The monoisotopic (exact) mass is 457 g/mol. The minimum absolute atomic E-state index is 0.244. The molecule has 0 aliphatic carbocycles. The minimum atomic E-state index is -0.578. The third-order valence-electron chi connectivity index (χ3n) is 6.55. The van der Waals surface area contributed by atoms with Gasteiger partial charge in [-0.1, -0.05) is 43.3 Å². The molecule has 5 heteroatoms. The number of carbonyl (C=O) groups excluding carboxylic acids is 1. The largest absolute Gasteiger partial charge is 0.389 e. The summed E-state index contributed by atoms with van der Waals surface area (Å²) in [6, 6.07) is 12.3. The number of hydrogen-bond donors (Lipinski definition) is 1. The maximum atomic E-state index is 13.5. The van der Waals surface area contributed by atoms with Gasteiger partial charge in [-0.3, -0.25) is 0 Å². The van der Waals surface area contributed by atoms with Crippen molar-refractivity contribution < 1.29 is 9.18 Å². The molecule has 0 fully saturated rings. The van der Waals surface area contributed by atoms with E-state index < -0.39 is 5.92 Å². The first kappa shape index (κ1) is 23.8. The first-order valence-corrected chi connectivity index (χ1v) is 12.1. The van der Waals surface area contributed by atoms with Gasteiger partial charge in [0.05, 0.1) is 11.6 Å². The SMILES string of the molecule is CC1=CC(=NC2=NC(C(C=O)c3ccc(F)cc3)=CCC(C)c3c(C)cccc32)CCCCN1. The van der Waals surface area contributed by atoms with Crippen molar-refractivity contribution in [2.45, 2.75) is 58.3 Å². The molecule has 4 rings (SSSR count). The quantitative estimate of drug-likeness (QED) is 0.544. The third-order valence-corrected chi connectivity index (χ3v) is 6.55. The summed E-state index contributed by atoms with van der Waals surface area (Å²) < 4.78 is 13.5. The van der Waals surface area contributed by atoms with Crippen LogP contribution in [0.4, 0.5) is 4.39 Å². The molecular formula is C29H32FN3O. The number of nitrogens with zero attached hydrogens (tertiary/aromatic N) is 2. The van der Waals surface area contributed by atoms with E-state index in [2.05, 4.69) is 44.3 Å². The van der Waals surface area contributed by atoms with Gasteiger partial charge in [0.15, 0.2) is 5.84 Å². The lowest BCUT2D eigenvalue weighted by Crippen LogP contribution is -2.18. The molecule has 2 atom stereocenters. The van der Waals surface area contributed by atoms with E-state index in [0.717, 1.165) is 61.0 Å². The van der Waals surface area contributed by atoms with Gasteiger partial charge in [-0.15, -0.1) is 0 Å². The van der Waals surface area contributed by atoms with Crippen molar-refractivity contribution in [3.8, 4) is 0 Å². The van der Waals surface area contributed by atoms with Gasteiger partial charge in [0.1, 0.15) is 12.1 Å². The molecule has 176 valence electrons. The van der Waals surface area contributed by atoms with Crippen molar-refractivity contribution in [1.29, 1.82) is 0 Å². The van der Waals surface area contributed by atoms with Crippen molar-refractivity contribution in [1.82, 2.24) is 5.32 Å². The number of halogens is 1. The Morgan fingerprint density at radius 1 is 1.15 bits per heavy atom. The van der Waals surface area contributed by atoms with Gasteiger partial charge in [0.25, 0.3) is 0 Å². The smallest absolute Gasteiger partial charge is 0.159 e. The average Bonchev–Trinajstić information content (AvgIpc) is 2.80. The summed E-state index contributed by atoms with van der Waals surface area (Å²) in [6.07, 6.45) is 8.81. The number of rotatable bonds is 3. The number of allylic oxidation sites excluding steroid dienone is 4. The predicted molar refractivity (Wildman–Crippen MR) is 137 cm³/mol. The topological polar surface area (TPSA) is 53.8 Å². The predicted octanol–water partition coefficient (Wildman–Crippen LogP) is 6.37. The van der Waals surface area contributed by atoms with E-state index in [9.17, 15) is 9.18 Å². The fourth-order valence-corrected chi connectivity index (χ4v) is 4.76.